The molecular weight excluding hydrogens is 303 g/mol. The lowest BCUT2D eigenvalue weighted by Gasteiger charge is -2.17. The molecule has 3 nitrogen and oxygen atoms in total. The summed E-state index contributed by atoms with van der Waals surface area (Å²) >= 11 is -0.207. The second kappa shape index (κ2) is 6.70. The molecule has 1 aliphatic carbocycles. The third-order valence-corrected chi connectivity index (χ3v) is 4.04. The van der Waals surface area contributed by atoms with Crippen LogP contribution in [0.3, 0.4) is 0 Å². The van der Waals surface area contributed by atoms with E-state index in [1.807, 2.05) is 0 Å². The first-order chi connectivity index (χ1) is 9.89. The van der Waals surface area contributed by atoms with Crippen molar-refractivity contribution in [3.05, 3.63) is 29.8 Å². The number of rotatable bonds is 6. The number of benzene rings is 1. The summed E-state index contributed by atoms with van der Waals surface area (Å²) < 4.78 is 36.6. The summed E-state index contributed by atoms with van der Waals surface area (Å²) in [6, 6.07) is 5.27. The average Bonchev–Trinajstić information content (AvgIpc) is 3.21. The number of nitrogens with one attached hydrogen (secondary N) is 1. The van der Waals surface area contributed by atoms with Gasteiger partial charge in [0.25, 0.3) is 5.91 Å². The van der Waals surface area contributed by atoms with Gasteiger partial charge in [0.1, 0.15) is 0 Å². The van der Waals surface area contributed by atoms with Crippen molar-refractivity contribution in [3.63, 3.8) is 0 Å². The molecule has 0 spiro atoms. The van der Waals surface area contributed by atoms with Gasteiger partial charge in [0.05, 0.1) is 0 Å². The molecule has 0 aliphatic heterocycles. The van der Waals surface area contributed by atoms with Crippen LogP contribution in [0.5, 0.6) is 0 Å². The topological polar surface area (TPSA) is 49.3 Å². The molecule has 1 atom stereocenters. The van der Waals surface area contributed by atoms with Crippen LogP contribution in [0.2, 0.25) is 0 Å². The molecule has 1 aromatic rings. The Hall–Kier alpha value is -1.21. The highest BCUT2D eigenvalue weighted by molar-refractivity contribution is 8.00. The van der Waals surface area contributed by atoms with Crippen molar-refractivity contribution in [1.29, 1.82) is 0 Å². The number of carbonyl (C=O) groups excluding carboxylic acids is 1. The number of carbonyl (C=O) groups is 1. The summed E-state index contributed by atoms with van der Waals surface area (Å²) in [7, 11) is 0. The molecule has 0 bridgehead atoms. The number of aliphatic hydroxyl groups is 1. The van der Waals surface area contributed by atoms with Crippen LogP contribution in [0.1, 0.15) is 29.6 Å². The van der Waals surface area contributed by atoms with Crippen molar-refractivity contribution < 1.29 is 23.1 Å². The number of hydrogen-bond acceptors (Lipinski definition) is 3. The summed E-state index contributed by atoms with van der Waals surface area (Å²) in [5, 5.41) is 11.8. The highest BCUT2D eigenvalue weighted by Gasteiger charge is 2.32. The van der Waals surface area contributed by atoms with Crippen molar-refractivity contribution in [1.82, 2.24) is 5.32 Å². The van der Waals surface area contributed by atoms with Crippen LogP contribution in [0.25, 0.3) is 0 Å². The standard InChI is InChI=1S/C14H16F3NO2S/c15-14(16,17)21-11-5-3-10(4-6-11)13(20)18-12(7-8-19)9-1-2-9/h3-6,9,12,19H,1-2,7-8H2,(H,18,20). The third kappa shape index (κ3) is 5.24. The Morgan fingerprint density at radius 2 is 1.95 bits per heavy atom. The van der Waals surface area contributed by atoms with Crippen LogP contribution in [-0.4, -0.2) is 29.2 Å². The first kappa shape index (κ1) is 16.2. The number of thioether (sulfide) groups is 1. The molecule has 0 heterocycles. The molecule has 1 saturated carbocycles. The molecule has 1 amide bonds. The van der Waals surface area contributed by atoms with Gasteiger partial charge >= 0.3 is 5.51 Å². The van der Waals surface area contributed by atoms with E-state index < -0.39 is 5.51 Å². The minimum absolute atomic E-state index is 0.00259. The minimum atomic E-state index is -4.33. The van der Waals surface area contributed by atoms with Gasteiger partial charge in [0.15, 0.2) is 0 Å². The van der Waals surface area contributed by atoms with Crippen molar-refractivity contribution in [3.8, 4) is 0 Å². The number of alkyl halides is 3. The molecular formula is C14H16F3NO2S. The molecule has 1 unspecified atom stereocenters. The second-order valence-corrected chi connectivity index (χ2v) is 6.14. The van der Waals surface area contributed by atoms with E-state index >= 15 is 0 Å². The molecule has 116 valence electrons. The van der Waals surface area contributed by atoms with Crippen LogP contribution in [0, 0.1) is 5.92 Å². The smallest absolute Gasteiger partial charge is 0.396 e. The zero-order valence-corrected chi connectivity index (χ0v) is 12.0. The van der Waals surface area contributed by atoms with E-state index in [1.165, 1.54) is 24.3 Å². The Balaban J connectivity index is 1.95. The maximum absolute atomic E-state index is 12.2. The first-order valence-electron chi connectivity index (χ1n) is 6.66. The zero-order valence-electron chi connectivity index (χ0n) is 11.2. The largest absolute Gasteiger partial charge is 0.446 e. The summed E-state index contributed by atoms with van der Waals surface area (Å²) in [4.78, 5) is 12.1. The van der Waals surface area contributed by atoms with Crippen LogP contribution >= 0.6 is 11.8 Å². The van der Waals surface area contributed by atoms with Crippen LogP contribution in [-0.2, 0) is 0 Å². The molecule has 1 aromatic carbocycles. The minimum Gasteiger partial charge on any atom is -0.396 e. The van der Waals surface area contributed by atoms with E-state index in [1.54, 1.807) is 0 Å². The average molecular weight is 319 g/mol. The fourth-order valence-corrected chi connectivity index (χ4v) is 2.66. The van der Waals surface area contributed by atoms with Gasteiger partial charge in [-0.1, -0.05) is 0 Å². The Morgan fingerprint density at radius 3 is 2.43 bits per heavy atom. The van der Waals surface area contributed by atoms with Gasteiger partial charge in [-0.25, -0.2) is 0 Å². The molecule has 1 aliphatic rings. The van der Waals surface area contributed by atoms with Crippen molar-refractivity contribution in [2.75, 3.05) is 6.61 Å². The number of hydrogen-bond donors (Lipinski definition) is 2. The predicted molar refractivity (Wildman–Crippen MR) is 74.0 cm³/mol. The van der Waals surface area contributed by atoms with E-state index in [9.17, 15) is 18.0 Å². The molecule has 0 radical (unpaired) electrons. The molecule has 2 N–H and O–H groups in total. The van der Waals surface area contributed by atoms with Crippen molar-refractivity contribution >= 4 is 17.7 Å². The lowest BCUT2D eigenvalue weighted by molar-refractivity contribution is -0.0328. The molecule has 0 saturated heterocycles. The molecule has 21 heavy (non-hydrogen) atoms. The lowest BCUT2D eigenvalue weighted by Crippen LogP contribution is -2.37. The summed E-state index contributed by atoms with van der Waals surface area (Å²) in [5.41, 5.74) is -4.01. The number of amides is 1. The maximum atomic E-state index is 12.2. The van der Waals surface area contributed by atoms with E-state index in [0.29, 0.717) is 17.9 Å². The Labute approximate surface area is 124 Å². The van der Waals surface area contributed by atoms with Gasteiger partial charge in [0.2, 0.25) is 0 Å². The predicted octanol–water partition coefficient (Wildman–Crippen LogP) is 3.19. The molecule has 7 heteroatoms. The summed E-state index contributed by atoms with van der Waals surface area (Å²) in [6.07, 6.45) is 2.57. The lowest BCUT2D eigenvalue weighted by atomic mass is 10.1. The van der Waals surface area contributed by atoms with Gasteiger partial charge < -0.3 is 10.4 Å². The number of aliphatic hydroxyl groups excluding tert-OH is 1. The maximum Gasteiger partial charge on any atom is 0.446 e. The van der Waals surface area contributed by atoms with Gasteiger partial charge in [-0.05, 0) is 61.2 Å². The monoisotopic (exact) mass is 319 g/mol. The molecule has 1 fully saturated rings. The van der Waals surface area contributed by atoms with Crippen molar-refractivity contribution in [2.24, 2.45) is 5.92 Å². The second-order valence-electron chi connectivity index (χ2n) is 5.00. The Bertz CT molecular complexity index is 486. The zero-order chi connectivity index (χ0) is 15.5. The van der Waals surface area contributed by atoms with Crippen LogP contribution < -0.4 is 5.32 Å². The summed E-state index contributed by atoms with van der Waals surface area (Å²) in [6.45, 7) is 0.00259. The first-order valence-corrected chi connectivity index (χ1v) is 7.48. The van der Waals surface area contributed by atoms with Gasteiger partial charge in [-0.2, -0.15) is 13.2 Å². The van der Waals surface area contributed by atoms with Gasteiger partial charge in [0, 0.05) is 23.1 Å². The SMILES string of the molecule is O=C(NC(CCO)C1CC1)c1ccc(SC(F)(F)F)cc1. The fourth-order valence-electron chi connectivity index (χ4n) is 2.12. The van der Waals surface area contributed by atoms with E-state index in [4.69, 9.17) is 5.11 Å². The summed E-state index contributed by atoms with van der Waals surface area (Å²) in [5.74, 6) is 0.0880. The Morgan fingerprint density at radius 1 is 1.33 bits per heavy atom. The highest BCUT2D eigenvalue weighted by atomic mass is 32.2. The van der Waals surface area contributed by atoms with E-state index in [-0.39, 0.29) is 35.2 Å². The Kier molecular flexibility index (Phi) is 5.16. The molecule has 0 aromatic heterocycles. The molecule has 2 rings (SSSR count). The fraction of sp³-hybridized carbons (Fsp3) is 0.500. The van der Waals surface area contributed by atoms with Crippen LogP contribution in [0.15, 0.2) is 29.2 Å². The van der Waals surface area contributed by atoms with Gasteiger partial charge in [-0.15, -0.1) is 0 Å². The quantitative estimate of drug-likeness (QED) is 0.792. The number of halogens is 3. The van der Waals surface area contributed by atoms with E-state index in [0.717, 1.165) is 12.8 Å². The van der Waals surface area contributed by atoms with Gasteiger partial charge in [-0.3, -0.25) is 4.79 Å². The normalized spacial score (nSPS) is 16.6. The van der Waals surface area contributed by atoms with Crippen LogP contribution in [0.4, 0.5) is 13.2 Å². The highest BCUT2D eigenvalue weighted by Crippen LogP contribution is 2.37. The van der Waals surface area contributed by atoms with E-state index in [2.05, 4.69) is 5.32 Å². The third-order valence-electron chi connectivity index (χ3n) is 3.30. The van der Waals surface area contributed by atoms with Crippen molar-refractivity contribution in [2.45, 2.75) is 35.7 Å².